The van der Waals surface area contributed by atoms with Crippen LogP contribution in [0.15, 0.2) is 59.8 Å². The van der Waals surface area contributed by atoms with Crippen LogP contribution in [0.2, 0.25) is 5.02 Å². The summed E-state index contributed by atoms with van der Waals surface area (Å²) in [6.45, 7) is 1.62. The SMILES string of the molecule is COc1cc(-c2cn(C)c(=O)c3cnccc23)cc(Cl)c1CN1CC[C@@H](N2CCN(c3ccc(N[C@H]4CCC(=O)NC4=O)cc3F)CC2)C(F)(F)C1. The molecule has 3 fully saturated rings. The molecule has 2 atom stereocenters. The molecule has 3 aliphatic rings. The molecule has 0 saturated carbocycles. The number of aryl methyl sites for hydroxylation is 1. The molecule has 274 valence electrons. The lowest BCUT2D eigenvalue weighted by Gasteiger charge is -2.46. The molecule has 0 bridgehead atoms. The zero-order chi connectivity index (χ0) is 36.7. The van der Waals surface area contributed by atoms with Gasteiger partial charge < -0.3 is 19.5 Å². The van der Waals surface area contributed by atoms with Crippen LogP contribution in [0, 0.1) is 5.82 Å². The molecule has 2 amide bonds. The van der Waals surface area contributed by atoms with Crippen LogP contribution in [0.4, 0.5) is 24.5 Å². The summed E-state index contributed by atoms with van der Waals surface area (Å²) in [6.07, 6.45) is 5.66. The summed E-state index contributed by atoms with van der Waals surface area (Å²) in [5.74, 6) is -3.79. The number of imide groups is 1. The number of ether oxygens (including phenoxy) is 1. The van der Waals surface area contributed by atoms with E-state index in [1.165, 1.54) is 23.9 Å². The van der Waals surface area contributed by atoms with Crippen molar-refractivity contribution in [2.24, 2.45) is 7.05 Å². The van der Waals surface area contributed by atoms with E-state index in [1.807, 2.05) is 11.0 Å². The monoisotopic (exact) mass is 737 g/mol. The number of piperidine rings is 2. The summed E-state index contributed by atoms with van der Waals surface area (Å²) in [4.78, 5) is 45.6. The third-order valence-corrected chi connectivity index (χ3v) is 10.7. The Morgan fingerprint density at radius 3 is 2.54 bits per heavy atom. The molecule has 11 nitrogen and oxygen atoms in total. The summed E-state index contributed by atoms with van der Waals surface area (Å²) in [5, 5.41) is 6.82. The first kappa shape index (κ1) is 35.7. The molecule has 52 heavy (non-hydrogen) atoms. The Bertz CT molecular complexity index is 2090. The van der Waals surface area contributed by atoms with Crippen molar-refractivity contribution in [1.29, 1.82) is 0 Å². The summed E-state index contributed by atoms with van der Waals surface area (Å²) >= 11 is 6.82. The molecular weight excluding hydrogens is 699 g/mol. The Kier molecular flexibility index (Phi) is 9.89. The van der Waals surface area contributed by atoms with Crippen molar-refractivity contribution >= 4 is 45.6 Å². The average molecular weight is 738 g/mol. The van der Waals surface area contributed by atoms with Crippen LogP contribution in [-0.4, -0.2) is 95.5 Å². The quantitative estimate of drug-likeness (QED) is 0.250. The van der Waals surface area contributed by atoms with E-state index in [1.54, 1.807) is 53.5 Å². The van der Waals surface area contributed by atoms with Crippen LogP contribution < -0.4 is 25.8 Å². The van der Waals surface area contributed by atoms with Crippen LogP contribution in [0.25, 0.3) is 21.9 Å². The molecule has 0 aliphatic carbocycles. The smallest absolute Gasteiger partial charge is 0.275 e. The molecule has 2 aromatic carbocycles. The molecule has 0 radical (unpaired) electrons. The number of amides is 2. The van der Waals surface area contributed by atoms with Gasteiger partial charge in [0.05, 0.1) is 30.8 Å². The maximum Gasteiger partial charge on any atom is 0.275 e. The normalized spacial score (nSPS) is 21.3. The van der Waals surface area contributed by atoms with Crippen LogP contribution in [0.3, 0.4) is 0 Å². The maximum atomic E-state index is 15.9. The predicted molar refractivity (Wildman–Crippen MR) is 193 cm³/mol. The highest BCUT2D eigenvalue weighted by Gasteiger charge is 2.48. The first-order valence-corrected chi connectivity index (χ1v) is 17.6. The molecule has 5 heterocycles. The van der Waals surface area contributed by atoms with Crippen molar-refractivity contribution < 1.29 is 27.5 Å². The standard InChI is InChI=1S/C37H39ClF3N7O4/c1-45-19-26(24-7-9-42-18-25(24)36(45)51)22-15-28(38)27(32(16-22)52-2)20-46-10-8-33(37(40,41)21-46)48-13-11-47(12-14-48)31-5-3-23(17-29(31)39)43-30-4-6-34(49)44-35(30)50/h3,5,7,9,15-19,30,33,43H,4,6,8,10-14,20-21H2,1-2H3,(H,44,49,50)/t30-,33+/m0/s1. The predicted octanol–water partition coefficient (Wildman–Crippen LogP) is 4.65. The number of hydrogen-bond acceptors (Lipinski definition) is 9. The highest BCUT2D eigenvalue weighted by Crippen LogP contribution is 2.39. The number of likely N-dealkylation sites (tertiary alicyclic amines) is 1. The van der Waals surface area contributed by atoms with Gasteiger partial charge in [0, 0.05) is 93.2 Å². The number of alkyl halides is 2. The largest absolute Gasteiger partial charge is 0.496 e. The molecule has 3 saturated heterocycles. The van der Waals surface area contributed by atoms with Gasteiger partial charge in [-0.1, -0.05) is 11.6 Å². The summed E-state index contributed by atoms with van der Waals surface area (Å²) in [7, 11) is 3.18. The zero-order valence-electron chi connectivity index (χ0n) is 28.8. The molecule has 0 spiro atoms. The minimum Gasteiger partial charge on any atom is -0.496 e. The zero-order valence-corrected chi connectivity index (χ0v) is 29.6. The highest BCUT2D eigenvalue weighted by atomic mass is 35.5. The fraction of sp³-hybridized carbons (Fsp3) is 0.405. The van der Waals surface area contributed by atoms with Gasteiger partial charge in [0.25, 0.3) is 11.5 Å². The topological polar surface area (TPSA) is 112 Å². The number of anilines is 2. The van der Waals surface area contributed by atoms with E-state index in [9.17, 15) is 14.4 Å². The fourth-order valence-electron chi connectivity index (χ4n) is 7.61. The van der Waals surface area contributed by atoms with Crippen LogP contribution in [0.1, 0.15) is 24.8 Å². The number of hydrogen-bond donors (Lipinski definition) is 2. The minimum absolute atomic E-state index is 0.171. The minimum atomic E-state index is -3.00. The van der Waals surface area contributed by atoms with Gasteiger partial charge in [0.1, 0.15) is 17.6 Å². The molecule has 3 aliphatic heterocycles. The molecule has 15 heteroatoms. The van der Waals surface area contributed by atoms with Gasteiger partial charge in [-0.3, -0.25) is 34.5 Å². The Labute approximate surface area is 303 Å². The number of halogens is 4. The second-order valence-electron chi connectivity index (χ2n) is 13.6. The molecule has 2 N–H and O–H groups in total. The first-order valence-electron chi connectivity index (χ1n) is 17.2. The number of carbonyl (C=O) groups excluding carboxylic acids is 2. The number of rotatable bonds is 8. The van der Waals surface area contributed by atoms with E-state index in [-0.39, 0.29) is 30.9 Å². The first-order chi connectivity index (χ1) is 24.9. The second-order valence-corrected chi connectivity index (χ2v) is 14.0. The number of carbonyl (C=O) groups is 2. The number of methoxy groups -OCH3 is 1. The third kappa shape index (κ3) is 7.06. The van der Waals surface area contributed by atoms with Gasteiger partial charge in [-0.05, 0) is 60.2 Å². The number of fused-ring (bicyclic) bond motifs is 1. The number of piperazine rings is 1. The van der Waals surface area contributed by atoms with Crippen molar-refractivity contribution in [3.8, 4) is 16.9 Å². The number of nitrogens with zero attached hydrogens (tertiary/aromatic N) is 5. The van der Waals surface area contributed by atoms with Crippen molar-refractivity contribution in [2.45, 2.75) is 43.8 Å². The van der Waals surface area contributed by atoms with E-state index >= 15 is 13.2 Å². The Morgan fingerprint density at radius 1 is 1.04 bits per heavy atom. The van der Waals surface area contributed by atoms with Crippen molar-refractivity contribution in [2.75, 3.05) is 56.6 Å². The van der Waals surface area contributed by atoms with E-state index in [0.717, 1.165) is 11.1 Å². The van der Waals surface area contributed by atoms with Crippen LogP contribution in [-0.2, 0) is 23.2 Å². The lowest BCUT2D eigenvalue weighted by Crippen LogP contribution is -2.61. The van der Waals surface area contributed by atoms with Crippen molar-refractivity contribution in [1.82, 2.24) is 24.7 Å². The lowest BCUT2D eigenvalue weighted by molar-refractivity contribution is -0.133. The summed E-state index contributed by atoms with van der Waals surface area (Å²) < 4.78 is 54.1. The maximum absolute atomic E-state index is 15.9. The van der Waals surface area contributed by atoms with Gasteiger partial charge in [0.15, 0.2) is 0 Å². The van der Waals surface area contributed by atoms with Gasteiger partial charge in [-0.2, -0.15) is 0 Å². The van der Waals surface area contributed by atoms with Crippen molar-refractivity contribution in [3.05, 3.63) is 81.7 Å². The number of aromatic nitrogens is 2. The molecular formula is C37H39ClF3N7O4. The average Bonchev–Trinajstić information content (AvgIpc) is 3.12. The molecule has 2 aromatic heterocycles. The Morgan fingerprint density at radius 2 is 1.83 bits per heavy atom. The van der Waals surface area contributed by atoms with Gasteiger partial charge in [-0.25, -0.2) is 13.2 Å². The van der Waals surface area contributed by atoms with Gasteiger partial charge in [-0.15, -0.1) is 0 Å². The van der Waals surface area contributed by atoms with E-state index in [2.05, 4.69) is 15.6 Å². The van der Waals surface area contributed by atoms with Crippen molar-refractivity contribution in [3.63, 3.8) is 0 Å². The number of nitrogens with one attached hydrogen (secondary N) is 2. The van der Waals surface area contributed by atoms with Crippen LogP contribution in [0.5, 0.6) is 5.75 Å². The van der Waals surface area contributed by atoms with Crippen LogP contribution >= 0.6 is 11.6 Å². The van der Waals surface area contributed by atoms with E-state index < -0.39 is 36.3 Å². The molecule has 7 rings (SSSR count). The van der Waals surface area contributed by atoms with E-state index in [0.29, 0.717) is 77.6 Å². The summed E-state index contributed by atoms with van der Waals surface area (Å²) in [6, 6.07) is 8.39. The fourth-order valence-corrected chi connectivity index (χ4v) is 7.88. The molecule has 4 aromatic rings. The number of pyridine rings is 2. The van der Waals surface area contributed by atoms with Gasteiger partial charge >= 0.3 is 0 Å². The van der Waals surface area contributed by atoms with Gasteiger partial charge in [0.2, 0.25) is 11.8 Å². The highest BCUT2D eigenvalue weighted by molar-refractivity contribution is 6.32. The second kappa shape index (κ2) is 14.4. The Hall–Kier alpha value is -4.66. The lowest BCUT2D eigenvalue weighted by atomic mass is 9.96. The van der Waals surface area contributed by atoms with E-state index in [4.69, 9.17) is 16.3 Å². The third-order valence-electron chi connectivity index (χ3n) is 10.3. The molecule has 0 unspecified atom stereocenters. The number of benzene rings is 2. The Balaban J connectivity index is 0.985. The summed E-state index contributed by atoms with van der Waals surface area (Å²) in [5.41, 5.74) is 2.71.